The molecule has 0 aliphatic heterocycles. The zero-order valence-corrected chi connectivity index (χ0v) is 11.2. The van der Waals surface area contributed by atoms with Crippen LogP contribution in [0.5, 0.6) is 11.5 Å². The second kappa shape index (κ2) is 4.89. The van der Waals surface area contributed by atoms with Gasteiger partial charge in [-0.2, -0.15) is 5.26 Å². The lowest BCUT2D eigenvalue weighted by Gasteiger charge is -2.36. The van der Waals surface area contributed by atoms with Crippen LogP contribution in [0.25, 0.3) is 0 Å². The molecule has 3 heteroatoms. The monoisotopic (exact) mass is 245 g/mol. The average Bonchev–Trinajstić information content (AvgIpc) is 2.34. The van der Waals surface area contributed by atoms with Gasteiger partial charge in [0.15, 0.2) is 0 Å². The minimum Gasteiger partial charge on any atom is -0.497 e. The minimum absolute atomic E-state index is 0.174. The third-order valence-corrected chi connectivity index (χ3v) is 3.92. The fraction of sp³-hybridized carbons (Fsp3) is 0.533. The van der Waals surface area contributed by atoms with Gasteiger partial charge in [-0.3, -0.25) is 0 Å². The Bertz CT molecular complexity index is 484. The molecule has 0 amide bonds. The van der Waals surface area contributed by atoms with E-state index in [0.29, 0.717) is 0 Å². The van der Waals surface area contributed by atoms with Crippen molar-refractivity contribution in [3.05, 3.63) is 23.3 Å². The number of aryl methyl sites for hydroxylation is 1. The number of hydrogen-bond acceptors (Lipinski definition) is 3. The molecule has 0 unspecified atom stereocenters. The molecular weight excluding hydrogens is 226 g/mol. The summed E-state index contributed by atoms with van der Waals surface area (Å²) in [5, 5.41) is 9.34. The predicted octanol–water partition coefficient (Wildman–Crippen LogP) is 3.25. The second-order valence-electron chi connectivity index (χ2n) is 5.05. The maximum atomic E-state index is 9.34. The van der Waals surface area contributed by atoms with E-state index in [1.54, 1.807) is 14.2 Å². The number of rotatable bonds is 4. The SMILES string of the molecule is COc1cc(C)c(CC2(C#N)CCC2)c(OC)c1. The van der Waals surface area contributed by atoms with E-state index in [1.165, 1.54) is 0 Å². The summed E-state index contributed by atoms with van der Waals surface area (Å²) < 4.78 is 10.7. The molecule has 0 heterocycles. The Balaban J connectivity index is 2.35. The lowest BCUT2D eigenvalue weighted by atomic mass is 9.66. The molecule has 18 heavy (non-hydrogen) atoms. The summed E-state index contributed by atoms with van der Waals surface area (Å²) in [6, 6.07) is 6.38. The van der Waals surface area contributed by atoms with Gasteiger partial charge in [0.1, 0.15) is 11.5 Å². The van der Waals surface area contributed by atoms with E-state index in [1.807, 2.05) is 19.1 Å². The van der Waals surface area contributed by atoms with Gasteiger partial charge in [0.05, 0.1) is 25.7 Å². The summed E-state index contributed by atoms with van der Waals surface area (Å²) in [5.74, 6) is 1.63. The number of benzene rings is 1. The van der Waals surface area contributed by atoms with Gasteiger partial charge < -0.3 is 9.47 Å². The highest BCUT2D eigenvalue weighted by Crippen LogP contribution is 2.45. The molecule has 1 aliphatic carbocycles. The van der Waals surface area contributed by atoms with Crippen LogP contribution in [0, 0.1) is 23.7 Å². The maximum absolute atomic E-state index is 9.34. The molecule has 1 aliphatic rings. The van der Waals surface area contributed by atoms with Gasteiger partial charge in [0.25, 0.3) is 0 Å². The van der Waals surface area contributed by atoms with Crippen LogP contribution in [0.3, 0.4) is 0 Å². The zero-order chi connectivity index (χ0) is 13.2. The molecular formula is C15H19NO2. The molecule has 0 aromatic heterocycles. The maximum Gasteiger partial charge on any atom is 0.126 e. The standard InChI is InChI=1S/C15H19NO2/c1-11-7-12(17-2)8-14(18-3)13(11)9-15(10-16)5-4-6-15/h7-8H,4-6,9H2,1-3H3. The first-order valence-electron chi connectivity index (χ1n) is 6.27. The van der Waals surface area contributed by atoms with Crippen LogP contribution in [0.1, 0.15) is 30.4 Å². The van der Waals surface area contributed by atoms with E-state index in [4.69, 9.17) is 9.47 Å². The minimum atomic E-state index is -0.174. The van der Waals surface area contributed by atoms with E-state index in [0.717, 1.165) is 48.3 Å². The molecule has 2 rings (SSSR count). The van der Waals surface area contributed by atoms with Crippen LogP contribution < -0.4 is 9.47 Å². The number of hydrogen-bond donors (Lipinski definition) is 0. The molecule has 0 saturated heterocycles. The molecule has 0 N–H and O–H groups in total. The van der Waals surface area contributed by atoms with Crippen LogP contribution in [0.4, 0.5) is 0 Å². The number of nitriles is 1. The fourth-order valence-electron chi connectivity index (χ4n) is 2.55. The fourth-order valence-corrected chi connectivity index (χ4v) is 2.55. The van der Waals surface area contributed by atoms with Crippen molar-refractivity contribution in [2.45, 2.75) is 32.6 Å². The summed E-state index contributed by atoms with van der Waals surface area (Å²) in [5.41, 5.74) is 2.10. The molecule has 1 fully saturated rings. The predicted molar refractivity (Wildman–Crippen MR) is 69.9 cm³/mol. The summed E-state index contributed by atoms with van der Waals surface area (Å²) in [4.78, 5) is 0. The third kappa shape index (κ3) is 2.15. The summed E-state index contributed by atoms with van der Waals surface area (Å²) in [7, 11) is 3.31. The first-order chi connectivity index (χ1) is 8.64. The first kappa shape index (κ1) is 12.8. The molecule has 1 saturated carbocycles. The lowest BCUT2D eigenvalue weighted by molar-refractivity contribution is 0.211. The van der Waals surface area contributed by atoms with Crippen LogP contribution in [0.15, 0.2) is 12.1 Å². The zero-order valence-electron chi connectivity index (χ0n) is 11.2. The lowest BCUT2D eigenvalue weighted by Crippen LogP contribution is -2.30. The molecule has 96 valence electrons. The topological polar surface area (TPSA) is 42.2 Å². The summed E-state index contributed by atoms with van der Waals surface area (Å²) >= 11 is 0. The van der Waals surface area contributed by atoms with Crippen molar-refractivity contribution in [3.8, 4) is 17.6 Å². The van der Waals surface area contributed by atoms with E-state index in [2.05, 4.69) is 6.07 Å². The van der Waals surface area contributed by atoms with Gasteiger partial charge in [-0.15, -0.1) is 0 Å². The smallest absolute Gasteiger partial charge is 0.126 e. The van der Waals surface area contributed by atoms with Gasteiger partial charge >= 0.3 is 0 Å². The Morgan fingerprint density at radius 3 is 2.44 bits per heavy atom. The Morgan fingerprint density at radius 2 is 2.00 bits per heavy atom. The largest absolute Gasteiger partial charge is 0.497 e. The van der Waals surface area contributed by atoms with Crippen molar-refractivity contribution in [1.82, 2.24) is 0 Å². The van der Waals surface area contributed by atoms with Crippen molar-refractivity contribution < 1.29 is 9.47 Å². The quantitative estimate of drug-likeness (QED) is 0.817. The van der Waals surface area contributed by atoms with Gasteiger partial charge in [-0.25, -0.2) is 0 Å². The Labute approximate surface area is 108 Å². The first-order valence-corrected chi connectivity index (χ1v) is 6.27. The normalized spacial score (nSPS) is 16.6. The van der Waals surface area contributed by atoms with E-state index in [-0.39, 0.29) is 5.41 Å². The number of ether oxygens (including phenoxy) is 2. The van der Waals surface area contributed by atoms with Crippen molar-refractivity contribution >= 4 is 0 Å². The van der Waals surface area contributed by atoms with E-state index >= 15 is 0 Å². The number of methoxy groups -OCH3 is 2. The summed E-state index contributed by atoms with van der Waals surface area (Å²) in [6.07, 6.45) is 3.93. The van der Waals surface area contributed by atoms with Crippen molar-refractivity contribution in [3.63, 3.8) is 0 Å². The highest BCUT2D eigenvalue weighted by atomic mass is 16.5. The molecule has 1 aromatic rings. The molecule has 3 nitrogen and oxygen atoms in total. The van der Waals surface area contributed by atoms with Crippen LogP contribution in [-0.4, -0.2) is 14.2 Å². The molecule has 0 atom stereocenters. The average molecular weight is 245 g/mol. The Kier molecular flexibility index (Phi) is 3.47. The van der Waals surface area contributed by atoms with Crippen LogP contribution >= 0.6 is 0 Å². The Hall–Kier alpha value is -1.69. The highest BCUT2D eigenvalue weighted by Gasteiger charge is 2.38. The number of nitrogens with zero attached hydrogens (tertiary/aromatic N) is 1. The van der Waals surface area contributed by atoms with Crippen molar-refractivity contribution in [2.75, 3.05) is 14.2 Å². The van der Waals surface area contributed by atoms with Gasteiger partial charge in [-0.1, -0.05) is 6.42 Å². The van der Waals surface area contributed by atoms with Gasteiger partial charge in [-0.05, 0) is 43.4 Å². The highest BCUT2D eigenvalue weighted by molar-refractivity contribution is 5.47. The van der Waals surface area contributed by atoms with Crippen LogP contribution in [0.2, 0.25) is 0 Å². The van der Waals surface area contributed by atoms with E-state index in [9.17, 15) is 5.26 Å². The van der Waals surface area contributed by atoms with Crippen molar-refractivity contribution in [2.24, 2.45) is 5.41 Å². The van der Waals surface area contributed by atoms with Gasteiger partial charge in [0, 0.05) is 6.07 Å². The molecule has 1 aromatic carbocycles. The second-order valence-corrected chi connectivity index (χ2v) is 5.05. The Morgan fingerprint density at radius 1 is 1.28 bits per heavy atom. The van der Waals surface area contributed by atoms with Crippen LogP contribution in [-0.2, 0) is 6.42 Å². The van der Waals surface area contributed by atoms with Crippen molar-refractivity contribution in [1.29, 1.82) is 5.26 Å². The van der Waals surface area contributed by atoms with Gasteiger partial charge in [0.2, 0.25) is 0 Å². The molecule has 0 spiro atoms. The summed E-state index contributed by atoms with van der Waals surface area (Å²) in [6.45, 7) is 2.05. The molecule has 0 bridgehead atoms. The van der Waals surface area contributed by atoms with E-state index < -0.39 is 0 Å². The third-order valence-electron chi connectivity index (χ3n) is 3.92. The molecule has 0 radical (unpaired) electrons.